The van der Waals surface area contributed by atoms with Crippen LogP contribution in [0.3, 0.4) is 0 Å². The molecule has 76 valence electrons. The Morgan fingerprint density at radius 3 is 2.86 bits per heavy atom. The second-order valence-corrected chi connectivity index (χ2v) is 5.83. The summed E-state index contributed by atoms with van der Waals surface area (Å²) in [7, 11) is 0. The van der Waals surface area contributed by atoms with E-state index in [1.165, 1.54) is 19.3 Å². The first-order valence-electron chi connectivity index (χ1n) is 6.16. The Balaban J connectivity index is 1.68. The molecule has 1 aliphatic heterocycles. The van der Waals surface area contributed by atoms with Gasteiger partial charge in [-0.15, -0.1) is 0 Å². The van der Waals surface area contributed by atoms with Crippen LogP contribution in [0.25, 0.3) is 0 Å². The third kappa shape index (κ3) is 0.809. The second-order valence-electron chi connectivity index (χ2n) is 5.83. The van der Waals surface area contributed by atoms with Gasteiger partial charge in [-0.2, -0.15) is 0 Å². The Morgan fingerprint density at radius 2 is 1.93 bits per heavy atom. The molecule has 1 saturated heterocycles. The fourth-order valence-electron chi connectivity index (χ4n) is 4.76. The number of ether oxygens (including phenoxy) is 1. The van der Waals surface area contributed by atoms with Gasteiger partial charge in [0.05, 0.1) is 12.2 Å². The Labute approximate surface area is 85.5 Å². The summed E-state index contributed by atoms with van der Waals surface area (Å²) in [6, 6.07) is 0. The molecule has 1 unspecified atom stereocenters. The van der Waals surface area contributed by atoms with E-state index in [9.17, 15) is 0 Å². The van der Waals surface area contributed by atoms with Crippen molar-refractivity contribution in [3.05, 3.63) is 12.2 Å². The predicted molar refractivity (Wildman–Crippen MR) is 54.8 cm³/mol. The highest BCUT2D eigenvalue weighted by atomic mass is 16.5. The first-order valence-corrected chi connectivity index (χ1v) is 6.16. The molecule has 1 nitrogen and oxygen atoms in total. The van der Waals surface area contributed by atoms with Crippen LogP contribution >= 0.6 is 0 Å². The number of hydrogen-bond acceptors (Lipinski definition) is 1. The van der Waals surface area contributed by atoms with Gasteiger partial charge in [0.25, 0.3) is 0 Å². The van der Waals surface area contributed by atoms with E-state index in [-0.39, 0.29) is 0 Å². The third-order valence-corrected chi connectivity index (χ3v) is 5.13. The van der Waals surface area contributed by atoms with Crippen molar-refractivity contribution in [2.75, 3.05) is 0 Å². The van der Waals surface area contributed by atoms with Gasteiger partial charge in [-0.05, 0) is 55.8 Å². The van der Waals surface area contributed by atoms with Gasteiger partial charge in [0.1, 0.15) is 0 Å². The molecule has 2 saturated carbocycles. The van der Waals surface area contributed by atoms with Gasteiger partial charge in [0.2, 0.25) is 0 Å². The summed E-state index contributed by atoms with van der Waals surface area (Å²) >= 11 is 0. The molecule has 3 fully saturated rings. The molecule has 1 heteroatoms. The van der Waals surface area contributed by atoms with Crippen molar-refractivity contribution in [1.29, 1.82) is 0 Å². The Kier molecular flexibility index (Phi) is 1.38. The van der Waals surface area contributed by atoms with E-state index in [0.717, 1.165) is 29.6 Å². The van der Waals surface area contributed by atoms with Crippen LogP contribution < -0.4 is 0 Å². The zero-order valence-corrected chi connectivity index (χ0v) is 8.73. The molecule has 0 N–H and O–H groups in total. The zero-order chi connectivity index (χ0) is 9.28. The molecular formula is C13H18O. The van der Waals surface area contributed by atoms with E-state index in [1.807, 2.05) is 0 Å². The molecule has 0 radical (unpaired) electrons. The molecule has 14 heavy (non-hydrogen) atoms. The highest BCUT2D eigenvalue weighted by Crippen LogP contribution is 2.60. The Hall–Kier alpha value is -0.300. The first kappa shape index (κ1) is 7.92. The Morgan fingerprint density at radius 1 is 1.07 bits per heavy atom. The average molecular weight is 190 g/mol. The van der Waals surface area contributed by atoms with Crippen LogP contribution in [0.2, 0.25) is 0 Å². The van der Waals surface area contributed by atoms with Crippen LogP contribution in [0, 0.1) is 29.6 Å². The van der Waals surface area contributed by atoms with Crippen LogP contribution in [-0.4, -0.2) is 12.2 Å². The molecule has 0 aromatic heterocycles. The van der Waals surface area contributed by atoms with Crippen molar-refractivity contribution in [3.63, 3.8) is 0 Å². The first-order chi connectivity index (χ1) is 6.83. The standard InChI is InChI=1S/C13H18O/c1-7-4-10-6-11-8-2-3-9(5-8)12(11)13(10)14-7/h2-3,7-13H,4-6H2,1H3/t7?,8-,9+,10+,11-,12+,13+/m1/s1. The molecule has 0 aromatic carbocycles. The second kappa shape index (κ2) is 2.44. The topological polar surface area (TPSA) is 9.23 Å². The van der Waals surface area contributed by atoms with Gasteiger partial charge in [0.15, 0.2) is 0 Å². The summed E-state index contributed by atoms with van der Waals surface area (Å²) in [4.78, 5) is 0. The summed E-state index contributed by atoms with van der Waals surface area (Å²) < 4.78 is 6.12. The van der Waals surface area contributed by atoms with E-state index in [0.29, 0.717) is 12.2 Å². The summed E-state index contributed by atoms with van der Waals surface area (Å²) in [5.41, 5.74) is 0. The summed E-state index contributed by atoms with van der Waals surface area (Å²) in [6.07, 6.45) is 10.4. The number of hydrogen-bond donors (Lipinski definition) is 0. The maximum atomic E-state index is 6.12. The van der Waals surface area contributed by atoms with Crippen molar-refractivity contribution in [2.45, 2.75) is 38.4 Å². The fourth-order valence-corrected chi connectivity index (χ4v) is 4.76. The van der Waals surface area contributed by atoms with Crippen LogP contribution in [0.4, 0.5) is 0 Å². The maximum absolute atomic E-state index is 6.12. The molecule has 3 aliphatic carbocycles. The largest absolute Gasteiger partial charge is 0.375 e. The molecule has 4 rings (SSSR count). The molecule has 7 atom stereocenters. The number of fused-ring (bicyclic) bond motifs is 7. The quantitative estimate of drug-likeness (QED) is 0.533. The lowest BCUT2D eigenvalue weighted by Gasteiger charge is -2.25. The number of rotatable bonds is 0. The lowest BCUT2D eigenvalue weighted by molar-refractivity contribution is 0.00904. The van der Waals surface area contributed by atoms with Gasteiger partial charge in [-0.25, -0.2) is 0 Å². The predicted octanol–water partition coefficient (Wildman–Crippen LogP) is 2.62. The fraction of sp³-hybridized carbons (Fsp3) is 0.846. The third-order valence-electron chi connectivity index (χ3n) is 5.13. The lowest BCUT2D eigenvalue weighted by atomic mass is 9.85. The highest BCUT2D eigenvalue weighted by Gasteiger charge is 2.57. The van der Waals surface area contributed by atoms with Gasteiger partial charge >= 0.3 is 0 Å². The van der Waals surface area contributed by atoms with E-state index in [4.69, 9.17) is 4.74 Å². The molecule has 1 heterocycles. The van der Waals surface area contributed by atoms with Crippen LogP contribution in [0.15, 0.2) is 12.2 Å². The summed E-state index contributed by atoms with van der Waals surface area (Å²) in [6.45, 7) is 2.25. The van der Waals surface area contributed by atoms with Crippen molar-refractivity contribution >= 4 is 0 Å². The van der Waals surface area contributed by atoms with Crippen molar-refractivity contribution in [3.8, 4) is 0 Å². The monoisotopic (exact) mass is 190 g/mol. The van der Waals surface area contributed by atoms with Crippen LogP contribution in [0.1, 0.15) is 26.2 Å². The molecule has 0 spiro atoms. The van der Waals surface area contributed by atoms with Crippen molar-refractivity contribution < 1.29 is 4.74 Å². The van der Waals surface area contributed by atoms with E-state index in [1.54, 1.807) is 0 Å². The van der Waals surface area contributed by atoms with E-state index < -0.39 is 0 Å². The lowest BCUT2D eigenvalue weighted by Crippen LogP contribution is -2.26. The maximum Gasteiger partial charge on any atom is 0.0644 e. The van der Waals surface area contributed by atoms with Crippen LogP contribution in [-0.2, 0) is 4.74 Å². The zero-order valence-electron chi connectivity index (χ0n) is 8.73. The van der Waals surface area contributed by atoms with E-state index >= 15 is 0 Å². The molecule has 4 aliphatic rings. The van der Waals surface area contributed by atoms with Crippen molar-refractivity contribution in [1.82, 2.24) is 0 Å². The number of allylic oxidation sites excluding steroid dienone is 2. The highest BCUT2D eigenvalue weighted by molar-refractivity contribution is 5.19. The normalized spacial score (nSPS) is 63.4. The summed E-state index contributed by atoms with van der Waals surface area (Å²) in [5.74, 6) is 4.61. The van der Waals surface area contributed by atoms with Gasteiger partial charge in [-0.3, -0.25) is 0 Å². The molecular weight excluding hydrogens is 172 g/mol. The molecule has 2 bridgehead atoms. The molecule has 0 amide bonds. The summed E-state index contributed by atoms with van der Waals surface area (Å²) in [5, 5.41) is 0. The Bertz CT molecular complexity index is 296. The van der Waals surface area contributed by atoms with Gasteiger partial charge in [0, 0.05) is 0 Å². The SMILES string of the molecule is CC1C[C@H]2C[C@H]3[C@@H]([C@H]2O1)[C@H]1C=C[C@@H]3C1. The van der Waals surface area contributed by atoms with Crippen LogP contribution in [0.5, 0.6) is 0 Å². The smallest absolute Gasteiger partial charge is 0.0644 e. The minimum atomic E-state index is 0.536. The van der Waals surface area contributed by atoms with Gasteiger partial charge < -0.3 is 4.74 Å². The van der Waals surface area contributed by atoms with Crippen molar-refractivity contribution in [2.24, 2.45) is 29.6 Å². The van der Waals surface area contributed by atoms with E-state index in [2.05, 4.69) is 19.1 Å². The minimum Gasteiger partial charge on any atom is -0.375 e. The minimum absolute atomic E-state index is 0.536. The molecule has 0 aromatic rings. The van der Waals surface area contributed by atoms with Gasteiger partial charge in [-0.1, -0.05) is 12.2 Å². The average Bonchev–Trinajstić information content (AvgIpc) is 2.78.